The summed E-state index contributed by atoms with van der Waals surface area (Å²) in [6, 6.07) is 57.5. The van der Waals surface area contributed by atoms with E-state index in [1.807, 2.05) is 12.1 Å². The van der Waals surface area contributed by atoms with E-state index in [9.17, 15) is 0 Å². The van der Waals surface area contributed by atoms with Crippen LogP contribution in [0.2, 0.25) is 0 Å². The van der Waals surface area contributed by atoms with Gasteiger partial charge in [-0.05, 0) is 97.0 Å². The number of rotatable bonds is 7. The first-order valence-corrected chi connectivity index (χ1v) is 17.5. The average molecular weight is 663 g/mol. The fourth-order valence-corrected chi connectivity index (χ4v) is 8.01. The lowest BCUT2D eigenvalue weighted by Gasteiger charge is -2.37. The molecular formula is C47H39N4+. The van der Waals surface area contributed by atoms with Crippen LogP contribution >= 0.6 is 0 Å². The molecule has 4 heteroatoms. The third kappa shape index (κ3) is 4.90. The minimum Gasteiger partial charge on any atom is -0.294 e. The van der Waals surface area contributed by atoms with Gasteiger partial charge < -0.3 is 0 Å². The molecule has 0 unspecified atom stereocenters. The molecule has 246 valence electrons. The first-order chi connectivity index (χ1) is 26.2. The van der Waals surface area contributed by atoms with Crippen LogP contribution in [-0.4, -0.2) is 14.1 Å². The molecule has 0 amide bonds. The lowest BCUT2D eigenvalue weighted by Crippen LogP contribution is -2.34. The van der Waals surface area contributed by atoms with Gasteiger partial charge in [-0.15, -0.1) is 0 Å². The highest BCUT2D eigenvalue weighted by molar-refractivity contribution is 6.09. The predicted molar refractivity (Wildman–Crippen MR) is 209 cm³/mol. The van der Waals surface area contributed by atoms with Gasteiger partial charge in [0.05, 0.1) is 22.5 Å². The first kappa shape index (κ1) is 27.5. The lowest BCUT2D eigenvalue weighted by atomic mass is 9.65. The van der Waals surface area contributed by atoms with Gasteiger partial charge in [-0.2, -0.15) is 4.57 Å². The molecule has 0 fully saturated rings. The summed E-state index contributed by atoms with van der Waals surface area (Å²) >= 11 is 0. The van der Waals surface area contributed by atoms with Gasteiger partial charge in [0.15, 0.2) is 11.0 Å². The molecule has 51 heavy (non-hydrogen) atoms. The van der Waals surface area contributed by atoms with Crippen LogP contribution in [0.15, 0.2) is 176 Å². The highest BCUT2D eigenvalue weighted by atomic mass is 15.1. The zero-order valence-corrected chi connectivity index (χ0v) is 28.6. The number of imidazole rings is 1. The Balaban J connectivity index is 1.37. The summed E-state index contributed by atoms with van der Waals surface area (Å²) < 4.78 is 31.2. The predicted octanol–water partition coefficient (Wildman–Crippen LogP) is 10.7. The van der Waals surface area contributed by atoms with E-state index >= 15 is 0 Å². The molecule has 0 aliphatic carbocycles. The summed E-state index contributed by atoms with van der Waals surface area (Å²) in [4.78, 5) is 4.75. The maximum atomic E-state index is 8.16. The van der Waals surface area contributed by atoms with Crippen molar-refractivity contribution in [2.24, 2.45) is 0 Å². The summed E-state index contributed by atoms with van der Waals surface area (Å²) in [5, 5.41) is 2.14. The van der Waals surface area contributed by atoms with E-state index in [0.29, 0.717) is 11.9 Å². The number of pyridine rings is 1. The Morgan fingerprint density at radius 1 is 0.588 bits per heavy atom. The standard InChI is InChI=1S/C47H39N4/c1-33(2)49-32-50(44-24-13-12-23-43(44)49)39-20-14-19-37(30-39)47(35-15-6-4-7-16-35,36-17-8-5-9-18-36)38-25-26-41-40-21-10-11-22-42(40)51(45(41)31-38)46-29-34(3)27-28-48-46/h4-33H,1-3H3/q+1/i3D3. The van der Waals surface area contributed by atoms with Crippen LogP contribution in [0, 0.1) is 6.85 Å². The van der Waals surface area contributed by atoms with E-state index in [1.54, 1.807) is 18.3 Å². The van der Waals surface area contributed by atoms with E-state index in [2.05, 4.69) is 173 Å². The largest absolute Gasteiger partial charge is 0.294 e. The van der Waals surface area contributed by atoms with Crippen molar-refractivity contribution in [2.75, 3.05) is 0 Å². The number of fused-ring (bicyclic) bond motifs is 4. The smallest absolute Gasteiger partial charge is 0.250 e. The molecule has 0 saturated carbocycles. The summed E-state index contributed by atoms with van der Waals surface area (Å²) in [5.41, 5.74) is 9.29. The van der Waals surface area contributed by atoms with E-state index in [1.165, 1.54) is 5.52 Å². The molecular weight excluding hydrogens is 621 g/mol. The Morgan fingerprint density at radius 3 is 1.98 bits per heavy atom. The van der Waals surface area contributed by atoms with Crippen LogP contribution in [0.4, 0.5) is 0 Å². The molecule has 0 bridgehead atoms. The van der Waals surface area contributed by atoms with Crippen LogP contribution in [0.3, 0.4) is 0 Å². The van der Waals surface area contributed by atoms with Crippen molar-refractivity contribution in [1.29, 1.82) is 0 Å². The Morgan fingerprint density at radius 2 is 1.24 bits per heavy atom. The fourth-order valence-electron chi connectivity index (χ4n) is 8.01. The van der Waals surface area contributed by atoms with E-state index in [0.717, 1.165) is 55.3 Å². The third-order valence-corrected chi connectivity index (χ3v) is 10.3. The molecule has 0 radical (unpaired) electrons. The number of benzene rings is 6. The van der Waals surface area contributed by atoms with Gasteiger partial charge in [-0.3, -0.25) is 4.57 Å². The lowest BCUT2D eigenvalue weighted by molar-refractivity contribution is -0.691. The molecule has 0 N–H and O–H groups in total. The molecule has 9 rings (SSSR count). The minimum atomic E-state index is -2.26. The Hall–Kier alpha value is -6.26. The molecule has 3 aromatic heterocycles. The van der Waals surface area contributed by atoms with Crippen molar-refractivity contribution >= 4 is 32.8 Å². The second-order valence-corrected chi connectivity index (χ2v) is 13.5. The molecule has 0 aliphatic rings. The number of para-hydroxylation sites is 3. The van der Waals surface area contributed by atoms with E-state index in [4.69, 9.17) is 9.10 Å². The number of aryl methyl sites for hydroxylation is 1. The molecule has 3 heterocycles. The SMILES string of the molecule is [2H]C([2H])([2H])c1ccnc(-n2c3ccccc3c3ccc(C(c4ccccc4)(c4ccccc4)c4cccc(-n5c[n+](C(C)C)c6ccccc65)c4)cc32)c1. The first-order valence-electron chi connectivity index (χ1n) is 19.0. The summed E-state index contributed by atoms with van der Waals surface area (Å²) in [6.45, 7) is 2.17. The van der Waals surface area contributed by atoms with Crippen molar-refractivity contribution in [1.82, 2.24) is 14.1 Å². The molecule has 9 aromatic rings. The summed E-state index contributed by atoms with van der Waals surface area (Å²) in [6.07, 6.45) is 3.81. The maximum Gasteiger partial charge on any atom is 0.250 e. The molecule has 0 spiro atoms. The normalized spacial score (nSPS) is 13.1. The zero-order valence-electron chi connectivity index (χ0n) is 31.6. The molecule has 4 nitrogen and oxygen atoms in total. The maximum absolute atomic E-state index is 8.16. The minimum absolute atomic E-state index is 0.255. The van der Waals surface area contributed by atoms with Gasteiger partial charge in [0.25, 0.3) is 0 Å². The Bertz CT molecular complexity index is 2760. The molecule has 0 atom stereocenters. The van der Waals surface area contributed by atoms with Crippen molar-refractivity contribution < 1.29 is 8.68 Å². The summed E-state index contributed by atoms with van der Waals surface area (Å²) in [7, 11) is 0. The van der Waals surface area contributed by atoms with Crippen molar-refractivity contribution in [3.05, 3.63) is 204 Å². The average Bonchev–Trinajstić information content (AvgIpc) is 3.76. The summed E-state index contributed by atoms with van der Waals surface area (Å²) in [5.74, 6) is 0.567. The van der Waals surface area contributed by atoms with Crippen molar-refractivity contribution in [3.63, 3.8) is 0 Å². The van der Waals surface area contributed by atoms with Gasteiger partial charge in [-0.1, -0.05) is 115 Å². The van der Waals surface area contributed by atoms with Crippen LogP contribution in [0.5, 0.6) is 0 Å². The topological polar surface area (TPSA) is 26.6 Å². The Kier molecular flexibility index (Phi) is 6.62. The van der Waals surface area contributed by atoms with Crippen LogP contribution in [-0.2, 0) is 5.41 Å². The van der Waals surface area contributed by atoms with Gasteiger partial charge in [0.1, 0.15) is 11.5 Å². The second-order valence-electron chi connectivity index (χ2n) is 13.5. The molecule has 0 aliphatic heterocycles. The molecule has 0 saturated heterocycles. The van der Waals surface area contributed by atoms with Crippen molar-refractivity contribution in [2.45, 2.75) is 32.2 Å². The number of nitrogens with zero attached hydrogens (tertiary/aromatic N) is 4. The zero-order chi connectivity index (χ0) is 37.0. The second kappa shape index (κ2) is 12.3. The highest BCUT2D eigenvalue weighted by Gasteiger charge is 2.39. The van der Waals surface area contributed by atoms with Crippen LogP contribution < -0.4 is 4.57 Å². The van der Waals surface area contributed by atoms with Crippen molar-refractivity contribution in [3.8, 4) is 11.5 Å². The highest BCUT2D eigenvalue weighted by Crippen LogP contribution is 2.47. The third-order valence-electron chi connectivity index (χ3n) is 10.3. The van der Waals surface area contributed by atoms with Gasteiger partial charge in [0.2, 0.25) is 6.33 Å². The fraction of sp³-hybridized carbons (Fsp3) is 0.106. The van der Waals surface area contributed by atoms with Gasteiger partial charge >= 0.3 is 0 Å². The van der Waals surface area contributed by atoms with Crippen LogP contribution in [0.25, 0.3) is 44.3 Å². The quantitative estimate of drug-likeness (QED) is 0.123. The van der Waals surface area contributed by atoms with Crippen LogP contribution in [0.1, 0.15) is 51.8 Å². The number of hydrogen-bond donors (Lipinski definition) is 0. The molecule has 6 aromatic carbocycles. The van der Waals surface area contributed by atoms with Gasteiger partial charge in [0, 0.05) is 21.1 Å². The Labute approximate surface area is 302 Å². The number of hydrogen-bond acceptors (Lipinski definition) is 1. The van der Waals surface area contributed by atoms with E-state index < -0.39 is 12.3 Å². The van der Waals surface area contributed by atoms with Gasteiger partial charge in [-0.25, -0.2) is 9.55 Å². The monoisotopic (exact) mass is 662 g/mol. The van der Waals surface area contributed by atoms with E-state index in [-0.39, 0.29) is 5.56 Å². The number of aromatic nitrogens is 4.